The van der Waals surface area contributed by atoms with Gasteiger partial charge in [-0.05, 0) is 45.8 Å². The zero-order valence-corrected chi connectivity index (χ0v) is 10.2. The highest BCUT2D eigenvalue weighted by Gasteiger charge is 2.05. The fourth-order valence-electron chi connectivity index (χ4n) is 1.26. The highest BCUT2D eigenvalue weighted by molar-refractivity contribution is 9.11. The van der Waals surface area contributed by atoms with Gasteiger partial charge in [0.15, 0.2) is 0 Å². The van der Waals surface area contributed by atoms with E-state index < -0.39 is 0 Å². The number of thioether (sulfide) groups is 1. The number of hydrogen-bond donors (Lipinski definition) is 1. The summed E-state index contributed by atoms with van der Waals surface area (Å²) in [5, 5.41) is 1.22. The Bertz CT molecular complexity index is 450. The lowest BCUT2D eigenvalue weighted by atomic mass is 10.2. The molecule has 0 aliphatic carbocycles. The fourth-order valence-corrected chi connectivity index (χ4v) is 3.70. The van der Waals surface area contributed by atoms with Crippen LogP contribution in [-0.4, -0.2) is 6.26 Å². The topological polar surface area (TPSA) is 26.0 Å². The van der Waals surface area contributed by atoms with Crippen LogP contribution in [0.4, 0.5) is 5.69 Å². The van der Waals surface area contributed by atoms with E-state index in [2.05, 4.69) is 28.3 Å². The molecule has 13 heavy (non-hydrogen) atoms. The largest absolute Gasteiger partial charge is 0.399 e. The summed E-state index contributed by atoms with van der Waals surface area (Å²) in [5.74, 6) is 0. The molecule has 1 aromatic heterocycles. The molecule has 1 nitrogen and oxygen atoms in total. The molecular formula is C9H8BrNS2. The minimum atomic E-state index is 0.835. The number of halogens is 1. The average molecular weight is 274 g/mol. The van der Waals surface area contributed by atoms with Gasteiger partial charge in [0.25, 0.3) is 0 Å². The first-order valence-corrected chi connectivity index (χ1v) is 6.56. The molecule has 1 aromatic carbocycles. The zero-order valence-electron chi connectivity index (χ0n) is 7.00. The molecule has 0 saturated carbocycles. The Kier molecular flexibility index (Phi) is 2.53. The van der Waals surface area contributed by atoms with Crippen molar-refractivity contribution in [3.63, 3.8) is 0 Å². The highest BCUT2D eigenvalue weighted by Crippen LogP contribution is 2.37. The zero-order chi connectivity index (χ0) is 9.42. The predicted molar refractivity (Wildman–Crippen MR) is 65.7 cm³/mol. The van der Waals surface area contributed by atoms with Crippen molar-refractivity contribution in [1.29, 1.82) is 0 Å². The SMILES string of the molecule is CSc1cc(N)cc2cc(Br)sc12. The molecular weight excluding hydrogens is 266 g/mol. The van der Waals surface area contributed by atoms with Crippen molar-refractivity contribution in [3.05, 3.63) is 22.0 Å². The van der Waals surface area contributed by atoms with Crippen molar-refractivity contribution >= 4 is 54.8 Å². The van der Waals surface area contributed by atoms with Crippen LogP contribution in [0, 0.1) is 0 Å². The van der Waals surface area contributed by atoms with Gasteiger partial charge in [0.05, 0.1) is 3.79 Å². The van der Waals surface area contributed by atoms with Gasteiger partial charge in [0, 0.05) is 15.3 Å². The van der Waals surface area contributed by atoms with Crippen LogP contribution in [0.25, 0.3) is 10.1 Å². The molecule has 2 rings (SSSR count). The van der Waals surface area contributed by atoms with Gasteiger partial charge in [-0.1, -0.05) is 0 Å². The molecule has 0 amide bonds. The predicted octanol–water partition coefficient (Wildman–Crippen LogP) is 3.97. The third-order valence-electron chi connectivity index (χ3n) is 1.79. The van der Waals surface area contributed by atoms with Crippen LogP contribution in [0.3, 0.4) is 0 Å². The van der Waals surface area contributed by atoms with Gasteiger partial charge in [-0.15, -0.1) is 23.1 Å². The third-order valence-corrected chi connectivity index (χ3v) is 4.37. The average Bonchev–Trinajstić information content (AvgIpc) is 2.43. The summed E-state index contributed by atoms with van der Waals surface area (Å²) >= 11 is 6.97. The second-order valence-corrected chi connectivity index (χ2v) is 5.97. The van der Waals surface area contributed by atoms with Gasteiger partial charge in [-0.3, -0.25) is 0 Å². The summed E-state index contributed by atoms with van der Waals surface area (Å²) in [6.07, 6.45) is 2.07. The van der Waals surface area contributed by atoms with E-state index >= 15 is 0 Å². The number of nitrogen functional groups attached to an aromatic ring is 1. The first-order chi connectivity index (χ1) is 6.20. The second kappa shape index (κ2) is 3.52. The Balaban J connectivity index is 2.80. The van der Waals surface area contributed by atoms with Crippen molar-refractivity contribution < 1.29 is 0 Å². The molecule has 2 aromatic rings. The molecule has 68 valence electrons. The van der Waals surface area contributed by atoms with Crippen molar-refractivity contribution in [2.45, 2.75) is 4.90 Å². The standard InChI is InChI=1S/C9H8BrNS2/c1-12-7-4-6(11)2-5-3-8(10)13-9(5)7/h2-4H,11H2,1H3. The Hall–Kier alpha value is -0.190. The number of hydrogen-bond acceptors (Lipinski definition) is 3. The minimum absolute atomic E-state index is 0.835. The van der Waals surface area contributed by atoms with Crippen LogP contribution in [0.1, 0.15) is 0 Å². The Morgan fingerprint density at radius 3 is 2.85 bits per heavy atom. The molecule has 2 N–H and O–H groups in total. The minimum Gasteiger partial charge on any atom is -0.399 e. The van der Waals surface area contributed by atoms with Crippen molar-refractivity contribution in [1.82, 2.24) is 0 Å². The van der Waals surface area contributed by atoms with Crippen LogP contribution in [0.15, 0.2) is 26.9 Å². The normalized spacial score (nSPS) is 10.9. The van der Waals surface area contributed by atoms with E-state index in [0.29, 0.717) is 0 Å². The van der Waals surface area contributed by atoms with Gasteiger partial charge in [-0.2, -0.15) is 0 Å². The van der Waals surface area contributed by atoms with Crippen molar-refractivity contribution in [3.8, 4) is 0 Å². The van der Waals surface area contributed by atoms with Gasteiger partial charge in [-0.25, -0.2) is 0 Å². The first-order valence-electron chi connectivity index (χ1n) is 3.73. The van der Waals surface area contributed by atoms with E-state index in [9.17, 15) is 0 Å². The monoisotopic (exact) mass is 273 g/mol. The molecule has 0 unspecified atom stereocenters. The molecule has 0 atom stereocenters. The molecule has 0 fully saturated rings. The number of rotatable bonds is 1. The molecule has 0 spiro atoms. The maximum atomic E-state index is 5.79. The number of fused-ring (bicyclic) bond motifs is 1. The third kappa shape index (κ3) is 1.71. The maximum Gasteiger partial charge on any atom is 0.0711 e. The summed E-state index contributed by atoms with van der Waals surface area (Å²) in [4.78, 5) is 1.26. The van der Waals surface area contributed by atoms with E-state index in [1.54, 1.807) is 23.1 Å². The Morgan fingerprint density at radius 2 is 2.15 bits per heavy atom. The molecule has 0 aliphatic heterocycles. The first kappa shape index (κ1) is 9.37. The van der Waals surface area contributed by atoms with Crippen molar-refractivity contribution in [2.75, 3.05) is 12.0 Å². The lowest BCUT2D eigenvalue weighted by molar-refractivity contribution is 1.59. The molecule has 0 aliphatic rings. The number of anilines is 1. The van der Waals surface area contributed by atoms with E-state index in [0.717, 1.165) is 9.47 Å². The number of thiophene rings is 1. The summed E-state index contributed by atoms with van der Waals surface area (Å²) in [7, 11) is 0. The van der Waals surface area contributed by atoms with Crippen LogP contribution < -0.4 is 5.73 Å². The summed E-state index contributed by atoms with van der Waals surface area (Å²) in [6.45, 7) is 0. The molecule has 0 saturated heterocycles. The lowest BCUT2D eigenvalue weighted by Gasteiger charge is -2.00. The van der Waals surface area contributed by atoms with Crippen LogP contribution in [0.2, 0.25) is 0 Å². The highest BCUT2D eigenvalue weighted by atomic mass is 79.9. The smallest absolute Gasteiger partial charge is 0.0711 e. The van der Waals surface area contributed by atoms with Gasteiger partial charge in [0.2, 0.25) is 0 Å². The fraction of sp³-hybridized carbons (Fsp3) is 0.111. The molecule has 1 heterocycles. The van der Waals surface area contributed by atoms with Crippen LogP contribution in [-0.2, 0) is 0 Å². The number of benzene rings is 1. The van der Waals surface area contributed by atoms with Gasteiger partial charge >= 0.3 is 0 Å². The van der Waals surface area contributed by atoms with E-state index in [1.807, 2.05) is 12.1 Å². The molecule has 0 bridgehead atoms. The summed E-state index contributed by atoms with van der Waals surface area (Å²) in [6, 6.07) is 6.14. The van der Waals surface area contributed by atoms with Gasteiger partial charge in [0.1, 0.15) is 0 Å². The van der Waals surface area contributed by atoms with E-state index in [4.69, 9.17) is 5.73 Å². The van der Waals surface area contributed by atoms with E-state index in [1.165, 1.54) is 15.0 Å². The van der Waals surface area contributed by atoms with E-state index in [-0.39, 0.29) is 0 Å². The van der Waals surface area contributed by atoms with Crippen molar-refractivity contribution in [2.24, 2.45) is 0 Å². The Morgan fingerprint density at radius 1 is 1.38 bits per heavy atom. The maximum absolute atomic E-state index is 5.79. The quantitative estimate of drug-likeness (QED) is 0.629. The molecule has 0 radical (unpaired) electrons. The van der Waals surface area contributed by atoms with Crippen LogP contribution in [0.5, 0.6) is 0 Å². The van der Waals surface area contributed by atoms with Crippen LogP contribution >= 0.6 is 39.0 Å². The number of nitrogens with two attached hydrogens (primary N) is 1. The Labute approximate surface area is 93.4 Å². The van der Waals surface area contributed by atoms with Gasteiger partial charge < -0.3 is 5.73 Å². The summed E-state index contributed by atoms with van der Waals surface area (Å²) < 4.78 is 2.47. The second-order valence-electron chi connectivity index (χ2n) is 2.69. The molecule has 4 heteroatoms. The summed E-state index contributed by atoms with van der Waals surface area (Å²) in [5.41, 5.74) is 6.62. The lowest BCUT2D eigenvalue weighted by Crippen LogP contribution is -1.83.